The molecule has 7 heteroatoms. The average molecular weight is 269 g/mol. The quantitative estimate of drug-likeness (QED) is 0.638. The maximum absolute atomic E-state index is 11.6. The highest BCUT2D eigenvalue weighted by Crippen LogP contribution is 2.03. The minimum Gasteiger partial charge on any atom is -0.480 e. The Balaban J connectivity index is 2.47. The lowest BCUT2D eigenvalue weighted by Crippen LogP contribution is -2.41. The Labute approximate surface area is 111 Å². The van der Waals surface area contributed by atoms with E-state index in [4.69, 9.17) is 10.2 Å². The van der Waals surface area contributed by atoms with Gasteiger partial charge in [0.2, 0.25) is 5.91 Å². The van der Waals surface area contributed by atoms with Gasteiger partial charge < -0.3 is 15.5 Å². The maximum atomic E-state index is 11.6. The van der Waals surface area contributed by atoms with Crippen molar-refractivity contribution in [3.8, 4) is 0 Å². The summed E-state index contributed by atoms with van der Waals surface area (Å²) in [5, 5.41) is 24.1. The summed E-state index contributed by atoms with van der Waals surface area (Å²) >= 11 is 0. The Bertz CT molecular complexity index is 456. The van der Waals surface area contributed by atoms with Crippen LogP contribution in [0.5, 0.6) is 0 Å². The SMILES string of the molecule is Cc1cc(C)n(CCC(=O)NC(CCO)C(=O)O)n1. The average Bonchev–Trinajstić information content (AvgIpc) is 2.64. The van der Waals surface area contributed by atoms with E-state index in [0.29, 0.717) is 6.54 Å². The first-order valence-corrected chi connectivity index (χ1v) is 6.08. The molecule has 1 heterocycles. The molecule has 0 aromatic carbocycles. The minimum absolute atomic E-state index is 0.000971. The molecule has 1 atom stereocenters. The fraction of sp³-hybridized carbons (Fsp3) is 0.583. The number of carboxylic acids is 1. The van der Waals surface area contributed by atoms with Crippen LogP contribution in [-0.2, 0) is 16.1 Å². The summed E-state index contributed by atoms with van der Waals surface area (Å²) in [5.41, 5.74) is 1.83. The number of aliphatic hydroxyl groups is 1. The van der Waals surface area contributed by atoms with Gasteiger partial charge in [0, 0.05) is 31.7 Å². The predicted molar refractivity (Wildman–Crippen MR) is 67.6 cm³/mol. The van der Waals surface area contributed by atoms with Crippen molar-refractivity contribution in [2.24, 2.45) is 0 Å². The van der Waals surface area contributed by atoms with Gasteiger partial charge in [0.25, 0.3) is 0 Å². The van der Waals surface area contributed by atoms with Crippen molar-refractivity contribution in [1.82, 2.24) is 15.1 Å². The molecule has 0 aliphatic heterocycles. The second-order valence-electron chi connectivity index (χ2n) is 4.37. The van der Waals surface area contributed by atoms with Crippen molar-refractivity contribution < 1.29 is 19.8 Å². The van der Waals surface area contributed by atoms with Gasteiger partial charge in [0.15, 0.2) is 0 Å². The molecule has 106 valence electrons. The van der Waals surface area contributed by atoms with E-state index in [-0.39, 0.29) is 25.4 Å². The van der Waals surface area contributed by atoms with E-state index in [1.165, 1.54) is 0 Å². The number of nitrogens with one attached hydrogen (secondary N) is 1. The first-order chi connectivity index (χ1) is 8.93. The van der Waals surface area contributed by atoms with Gasteiger partial charge in [-0.3, -0.25) is 9.48 Å². The normalized spacial score (nSPS) is 12.2. The van der Waals surface area contributed by atoms with E-state index >= 15 is 0 Å². The zero-order chi connectivity index (χ0) is 14.4. The van der Waals surface area contributed by atoms with Gasteiger partial charge in [-0.2, -0.15) is 5.10 Å². The molecule has 3 N–H and O–H groups in total. The summed E-state index contributed by atoms with van der Waals surface area (Å²) in [6, 6.07) is 0.863. The van der Waals surface area contributed by atoms with Crippen LogP contribution in [0.2, 0.25) is 0 Å². The number of nitrogens with zero attached hydrogens (tertiary/aromatic N) is 2. The summed E-state index contributed by atoms with van der Waals surface area (Å²) < 4.78 is 1.71. The lowest BCUT2D eigenvalue weighted by Gasteiger charge is -2.13. The maximum Gasteiger partial charge on any atom is 0.326 e. The van der Waals surface area contributed by atoms with Crippen molar-refractivity contribution in [3.63, 3.8) is 0 Å². The molecule has 19 heavy (non-hydrogen) atoms. The predicted octanol–water partition coefficient (Wildman–Crippen LogP) is -0.158. The monoisotopic (exact) mass is 269 g/mol. The van der Waals surface area contributed by atoms with Gasteiger partial charge in [0.05, 0.1) is 5.69 Å². The summed E-state index contributed by atoms with van der Waals surface area (Å²) in [6.07, 6.45) is 0.151. The zero-order valence-electron chi connectivity index (χ0n) is 11.1. The van der Waals surface area contributed by atoms with E-state index < -0.39 is 12.0 Å². The van der Waals surface area contributed by atoms with Gasteiger partial charge in [0.1, 0.15) is 6.04 Å². The Hall–Kier alpha value is -1.89. The standard InChI is InChI=1S/C12H19N3O4/c1-8-7-9(2)15(14-8)5-3-11(17)13-10(4-6-16)12(18)19/h7,10,16H,3-6H2,1-2H3,(H,13,17)(H,18,19). The number of hydrogen-bond acceptors (Lipinski definition) is 4. The van der Waals surface area contributed by atoms with Crippen LogP contribution in [0.3, 0.4) is 0 Å². The van der Waals surface area contributed by atoms with E-state index in [2.05, 4.69) is 10.4 Å². The molecule has 0 aliphatic rings. The number of amides is 1. The lowest BCUT2D eigenvalue weighted by atomic mass is 10.2. The van der Waals surface area contributed by atoms with Crippen molar-refractivity contribution >= 4 is 11.9 Å². The van der Waals surface area contributed by atoms with Crippen LogP contribution in [-0.4, -0.2) is 44.5 Å². The molecule has 1 amide bonds. The van der Waals surface area contributed by atoms with E-state index in [1.807, 2.05) is 19.9 Å². The molecule has 0 saturated heterocycles. The van der Waals surface area contributed by atoms with Gasteiger partial charge >= 0.3 is 5.97 Å². The number of aromatic nitrogens is 2. The summed E-state index contributed by atoms with van der Waals surface area (Å²) in [5.74, 6) is -1.51. The Kier molecular flexibility index (Phi) is 5.50. The number of carbonyl (C=O) groups excluding carboxylic acids is 1. The third-order valence-corrected chi connectivity index (χ3v) is 2.71. The molecule has 0 fully saturated rings. The molecule has 0 saturated carbocycles. The number of aliphatic carboxylic acids is 1. The van der Waals surface area contributed by atoms with Crippen molar-refractivity contribution in [1.29, 1.82) is 0 Å². The van der Waals surface area contributed by atoms with Crippen LogP contribution < -0.4 is 5.32 Å². The fourth-order valence-corrected chi connectivity index (χ4v) is 1.76. The largest absolute Gasteiger partial charge is 0.480 e. The summed E-state index contributed by atoms with van der Waals surface area (Å²) in [7, 11) is 0. The van der Waals surface area contributed by atoms with E-state index in [9.17, 15) is 9.59 Å². The number of aryl methyl sites for hydroxylation is 3. The third-order valence-electron chi connectivity index (χ3n) is 2.71. The van der Waals surface area contributed by atoms with Crippen LogP contribution >= 0.6 is 0 Å². The highest BCUT2D eigenvalue weighted by Gasteiger charge is 2.19. The number of carbonyl (C=O) groups is 2. The van der Waals surface area contributed by atoms with Crippen molar-refractivity contribution in [3.05, 3.63) is 17.5 Å². The Morgan fingerprint density at radius 3 is 2.63 bits per heavy atom. The number of rotatable bonds is 7. The van der Waals surface area contributed by atoms with Gasteiger partial charge in [-0.1, -0.05) is 0 Å². The molecule has 1 aromatic rings. The zero-order valence-corrected chi connectivity index (χ0v) is 11.1. The molecule has 1 aromatic heterocycles. The van der Waals surface area contributed by atoms with Crippen LogP contribution in [0.1, 0.15) is 24.2 Å². The second kappa shape index (κ2) is 6.89. The summed E-state index contributed by atoms with van der Waals surface area (Å²) in [6.45, 7) is 3.88. The smallest absolute Gasteiger partial charge is 0.326 e. The highest BCUT2D eigenvalue weighted by atomic mass is 16.4. The van der Waals surface area contributed by atoms with Gasteiger partial charge in [-0.25, -0.2) is 4.79 Å². The van der Waals surface area contributed by atoms with Crippen LogP contribution in [0.15, 0.2) is 6.07 Å². The lowest BCUT2D eigenvalue weighted by molar-refractivity contribution is -0.142. The molecule has 0 aliphatic carbocycles. The van der Waals surface area contributed by atoms with Crippen LogP contribution in [0, 0.1) is 13.8 Å². The van der Waals surface area contributed by atoms with E-state index in [0.717, 1.165) is 11.4 Å². The first kappa shape index (κ1) is 15.2. The third kappa shape index (κ3) is 4.70. The molecule has 0 spiro atoms. The van der Waals surface area contributed by atoms with Crippen molar-refractivity contribution in [2.45, 2.75) is 39.3 Å². The first-order valence-electron chi connectivity index (χ1n) is 6.08. The highest BCUT2D eigenvalue weighted by molar-refractivity contribution is 5.83. The molecule has 0 radical (unpaired) electrons. The van der Waals surface area contributed by atoms with E-state index in [1.54, 1.807) is 4.68 Å². The Morgan fingerprint density at radius 1 is 1.47 bits per heavy atom. The Morgan fingerprint density at radius 2 is 2.16 bits per heavy atom. The minimum atomic E-state index is -1.14. The van der Waals surface area contributed by atoms with Crippen LogP contribution in [0.4, 0.5) is 0 Å². The summed E-state index contributed by atoms with van der Waals surface area (Å²) in [4.78, 5) is 22.4. The molecule has 7 nitrogen and oxygen atoms in total. The molecule has 0 bridgehead atoms. The van der Waals surface area contributed by atoms with Crippen molar-refractivity contribution in [2.75, 3.05) is 6.61 Å². The molecular weight excluding hydrogens is 250 g/mol. The fourth-order valence-electron chi connectivity index (χ4n) is 1.76. The molecular formula is C12H19N3O4. The topological polar surface area (TPSA) is 104 Å². The number of carboxylic acid groups (broad SMARTS) is 1. The van der Waals surface area contributed by atoms with Gasteiger partial charge in [-0.05, 0) is 19.9 Å². The number of aliphatic hydroxyl groups excluding tert-OH is 1. The number of hydrogen-bond donors (Lipinski definition) is 3. The molecule has 1 unspecified atom stereocenters. The molecule has 1 rings (SSSR count). The second-order valence-corrected chi connectivity index (χ2v) is 4.37. The van der Waals surface area contributed by atoms with Crippen LogP contribution in [0.25, 0.3) is 0 Å². The van der Waals surface area contributed by atoms with Gasteiger partial charge in [-0.15, -0.1) is 0 Å².